The minimum absolute atomic E-state index is 0.424. The van der Waals surface area contributed by atoms with Crippen LogP contribution in [0.4, 0.5) is 0 Å². The first-order chi connectivity index (χ1) is 8.61. The van der Waals surface area contributed by atoms with E-state index < -0.39 is 0 Å². The van der Waals surface area contributed by atoms with E-state index >= 15 is 0 Å². The van der Waals surface area contributed by atoms with Crippen LogP contribution in [0.5, 0.6) is 5.75 Å². The summed E-state index contributed by atoms with van der Waals surface area (Å²) in [7, 11) is 0. The average Bonchev–Trinajstić information content (AvgIpc) is 2.36. The molecule has 3 heteroatoms. The molecule has 1 aliphatic heterocycles. The molecule has 0 spiro atoms. The molecule has 18 heavy (non-hydrogen) atoms. The van der Waals surface area contributed by atoms with Crippen molar-refractivity contribution in [1.82, 2.24) is 4.90 Å². The highest BCUT2D eigenvalue weighted by atomic mass is 16.5. The Labute approximate surface area is 109 Å². The number of aryl methyl sites for hydroxylation is 2. The maximum absolute atomic E-state index is 9.80. The predicted octanol–water partition coefficient (Wildman–Crippen LogP) is 2.62. The molecule has 1 unspecified atom stereocenters. The van der Waals surface area contributed by atoms with Crippen LogP contribution in [-0.2, 0) is 11.3 Å². The van der Waals surface area contributed by atoms with E-state index in [-0.39, 0.29) is 0 Å². The van der Waals surface area contributed by atoms with Crippen molar-refractivity contribution in [3.63, 3.8) is 0 Å². The van der Waals surface area contributed by atoms with E-state index in [1.54, 1.807) is 0 Å². The molecule has 1 fully saturated rings. The lowest BCUT2D eigenvalue weighted by molar-refractivity contribution is -0.0127. The molecule has 1 aromatic rings. The number of hydrogen-bond donors (Lipinski definition) is 1. The Morgan fingerprint density at radius 2 is 2.00 bits per heavy atom. The van der Waals surface area contributed by atoms with Crippen molar-refractivity contribution in [2.75, 3.05) is 19.8 Å². The van der Waals surface area contributed by atoms with Gasteiger partial charge in [0, 0.05) is 19.1 Å². The summed E-state index contributed by atoms with van der Waals surface area (Å²) in [5.41, 5.74) is 3.21. The van der Waals surface area contributed by atoms with Crippen molar-refractivity contribution in [1.29, 1.82) is 0 Å². The Balaban J connectivity index is 2.13. The Morgan fingerprint density at radius 3 is 2.61 bits per heavy atom. The predicted molar refractivity (Wildman–Crippen MR) is 72.9 cm³/mol. The van der Waals surface area contributed by atoms with Crippen LogP contribution >= 0.6 is 0 Å². The van der Waals surface area contributed by atoms with Gasteiger partial charge in [0.2, 0.25) is 0 Å². The van der Waals surface area contributed by atoms with E-state index in [1.807, 2.05) is 13.8 Å². The standard InChI is InChI=1S/C15H23NO2/c1-4-14-10-18-6-5-16(14)9-13-7-11(2)15(17)12(3)8-13/h7-8,14,17H,4-6,9-10H2,1-3H3. The molecule has 1 aliphatic rings. The monoisotopic (exact) mass is 249 g/mol. The number of aromatic hydroxyl groups is 1. The van der Waals surface area contributed by atoms with Gasteiger partial charge in [-0.05, 0) is 37.0 Å². The van der Waals surface area contributed by atoms with Crippen LogP contribution in [0.2, 0.25) is 0 Å². The summed E-state index contributed by atoms with van der Waals surface area (Å²) in [6, 6.07) is 4.70. The number of rotatable bonds is 3. The molecule has 100 valence electrons. The van der Waals surface area contributed by atoms with E-state index in [9.17, 15) is 5.11 Å². The lowest BCUT2D eigenvalue weighted by atomic mass is 10.0. The van der Waals surface area contributed by atoms with Crippen LogP contribution in [0, 0.1) is 13.8 Å². The normalized spacial score (nSPS) is 21.2. The molecule has 1 N–H and O–H groups in total. The van der Waals surface area contributed by atoms with Gasteiger partial charge in [0.15, 0.2) is 0 Å². The molecule has 1 saturated heterocycles. The van der Waals surface area contributed by atoms with Crippen molar-refractivity contribution >= 4 is 0 Å². The third-order valence-electron chi connectivity index (χ3n) is 3.76. The van der Waals surface area contributed by atoms with Crippen LogP contribution in [0.1, 0.15) is 30.0 Å². The second kappa shape index (κ2) is 5.72. The molecule has 0 bridgehead atoms. The lowest BCUT2D eigenvalue weighted by Gasteiger charge is -2.35. The topological polar surface area (TPSA) is 32.7 Å². The number of ether oxygens (including phenoxy) is 1. The Bertz CT molecular complexity index is 394. The van der Waals surface area contributed by atoms with Crippen LogP contribution in [-0.4, -0.2) is 35.8 Å². The van der Waals surface area contributed by atoms with Crippen molar-refractivity contribution in [2.24, 2.45) is 0 Å². The highest BCUT2D eigenvalue weighted by Crippen LogP contribution is 2.24. The summed E-state index contributed by atoms with van der Waals surface area (Å²) in [6.45, 7) is 9.74. The molecule has 1 atom stereocenters. The minimum Gasteiger partial charge on any atom is -0.507 e. The zero-order chi connectivity index (χ0) is 13.1. The third kappa shape index (κ3) is 2.85. The second-order valence-corrected chi connectivity index (χ2v) is 5.19. The number of phenols is 1. The summed E-state index contributed by atoms with van der Waals surface area (Å²) >= 11 is 0. The van der Waals surface area contributed by atoms with Gasteiger partial charge in [-0.1, -0.05) is 19.1 Å². The van der Waals surface area contributed by atoms with Gasteiger partial charge in [-0.15, -0.1) is 0 Å². The van der Waals surface area contributed by atoms with E-state index in [1.165, 1.54) is 5.56 Å². The van der Waals surface area contributed by atoms with Gasteiger partial charge in [0.1, 0.15) is 5.75 Å². The molecular formula is C15H23NO2. The first-order valence-electron chi connectivity index (χ1n) is 6.72. The van der Waals surface area contributed by atoms with Crippen LogP contribution < -0.4 is 0 Å². The van der Waals surface area contributed by atoms with Gasteiger partial charge in [-0.2, -0.15) is 0 Å². The fraction of sp³-hybridized carbons (Fsp3) is 0.600. The molecule has 0 saturated carbocycles. The van der Waals surface area contributed by atoms with Gasteiger partial charge < -0.3 is 9.84 Å². The molecular weight excluding hydrogens is 226 g/mol. The average molecular weight is 249 g/mol. The number of hydrogen-bond acceptors (Lipinski definition) is 3. The lowest BCUT2D eigenvalue weighted by Crippen LogP contribution is -2.44. The maximum atomic E-state index is 9.80. The quantitative estimate of drug-likeness (QED) is 0.894. The van der Waals surface area contributed by atoms with Gasteiger partial charge >= 0.3 is 0 Å². The zero-order valence-corrected chi connectivity index (χ0v) is 11.6. The SMILES string of the molecule is CCC1COCCN1Cc1cc(C)c(O)c(C)c1. The van der Waals surface area contributed by atoms with E-state index in [0.29, 0.717) is 11.8 Å². The summed E-state index contributed by atoms with van der Waals surface area (Å²) < 4.78 is 5.53. The molecule has 0 radical (unpaired) electrons. The Kier molecular flexibility index (Phi) is 4.25. The van der Waals surface area contributed by atoms with Gasteiger partial charge in [-0.3, -0.25) is 4.90 Å². The van der Waals surface area contributed by atoms with Crippen LogP contribution in [0.15, 0.2) is 12.1 Å². The summed E-state index contributed by atoms with van der Waals surface area (Å²) in [6.07, 6.45) is 1.12. The molecule has 2 rings (SSSR count). The third-order valence-corrected chi connectivity index (χ3v) is 3.76. The number of benzene rings is 1. The van der Waals surface area contributed by atoms with Crippen LogP contribution in [0.3, 0.4) is 0 Å². The number of phenolic OH excluding ortho intramolecular Hbond substituents is 1. The fourth-order valence-electron chi connectivity index (χ4n) is 2.64. The fourth-order valence-corrected chi connectivity index (χ4v) is 2.64. The van der Waals surface area contributed by atoms with Gasteiger partial charge in [0.05, 0.1) is 13.2 Å². The highest BCUT2D eigenvalue weighted by molar-refractivity contribution is 5.42. The van der Waals surface area contributed by atoms with Crippen molar-refractivity contribution in [3.8, 4) is 5.75 Å². The number of morpholine rings is 1. The summed E-state index contributed by atoms with van der Waals surface area (Å²) in [5.74, 6) is 0.424. The van der Waals surface area contributed by atoms with E-state index in [2.05, 4.69) is 24.0 Å². The molecule has 3 nitrogen and oxygen atoms in total. The van der Waals surface area contributed by atoms with Crippen molar-refractivity contribution in [2.45, 2.75) is 39.8 Å². The minimum atomic E-state index is 0.424. The first-order valence-corrected chi connectivity index (χ1v) is 6.72. The Morgan fingerprint density at radius 1 is 1.33 bits per heavy atom. The summed E-state index contributed by atoms with van der Waals surface area (Å²) in [5, 5.41) is 9.80. The van der Waals surface area contributed by atoms with E-state index in [4.69, 9.17) is 4.74 Å². The Hall–Kier alpha value is -1.06. The van der Waals surface area contributed by atoms with E-state index in [0.717, 1.165) is 43.9 Å². The molecule has 1 heterocycles. The van der Waals surface area contributed by atoms with Crippen molar-refractivity contribution in [3.05, 3.63) is 28.8 Å². The molecule has 0 aliphatic carbocycles. The number of nitrogens with zero attached hydrogens (tertiary/aromatic N) is 1. The van der Waals surface area contributed by atoms with Gasteiger partial charge in [0.25, 0.3) is 0 Å². The van der Waals surface area contributed by atoms with Crippen molar-refractivity contribution < 1.29 is 9.84 Å². The molecule has 1 aromatic carbocycles. The van der Waals surface area contributed by atoms with Gasteiger partial charge in [-0.25, -0.2) is 0 Å². The zero-order valence-electron chi connectivity index (χ0n) is 11.6. The smallest absolute Gasteiger partial charge is 0.121 e. The highest BCUT2D eigenvalue weighted by Gasteiger charge is 2.21. The largest absolute Gasteiger partial charge is 0.507 e. The molecule has 0 aromatic heterocycles. The maximum Gasteiger partial charge on any atom is 0.121 e. The molecule has 0 amide bonds. The summed E-state index contributed by atoms with van der Waals surface area (Å²) in [4.78, 5) is 2.48. The second-order valence-electron chi connectivity index (χ2n) is 5.19. The van der Waals surface area contributed by atoms with Crippen LogP contribution in [0.25, 0.3) is 0 Å². The first kappa shape index (κ1) is 13.4.